The van der Waals surface area contributed by atoms with E-state index in [-0.39, 0.29) is 0 Å². The lowest BCUT2D eigenvalue weighted by molar-refractivity contribution is 0.0999. The van der Waals surface area contributed by atoms with Crippen LogP contribution in [-0.2, 0) is 0 Å². The van der Waals surface area contributed by atoms with Crippen molar-refractivity contribution in [3.8, 4) is 0 Å². The van der Waals surface area contributed by atoms with Crippen molar-refractivity contribution in [1.29, 1.82) is 0 Å². The number of pyridine rings is 1. The van der Waals surface area contributed by atoms with Crippen LogP contribution >= 0.6 is 22.6 Å². The lowest BCUT2D eigenvalue weighted by atomic mass is 10.1. The fourth-order valence-electron chi connectivity index (χ4n) is 1.05. The second kappa shape index (κ2) is 4.04. The Morgan fingerprint density at radius 3 is 2.69 bits per heavy atom. The molecular formula is C9H11IN2O. The summed E-state index contributed by atoms with van der Waals surface area (Å²) in [6, 6.07) is 1.65. The first-order valence-corrected chi connectivity index (χ1v) is 5.06. The van der Waals surface area contributed by atoms with Gasteiger partial charge in [-0.2, -0.15) is 0 Å². The molecule has 1 rings (SSSR count). The first kappa shape index (κ1) is 10.4. The van der Waals surface area contributed by atoms with E-state index in [1.807, 2.05) is 13.8 Å². The molecule has 0 radical (unpaired) electrons. The summed E-state index contributed by atoms with van der Waals surface area (Å²) >= 11 is 2.11. The molecule has 70 valence electrons. The van der Waals surface area contributed by atoms with Gasteiger partial charge >= 0.3 is 0 Å². The van der Waals surface area contributed by atoms with Gasteiger partial charge in [-0.25, -0.2) is 0 Å². The van der Waals surface area contributed by atoms with Gasteiger partial charge in [-0.1, -0.05) is 13.8 Å². The molecule has 1 aromatic heterocycles. The van der Waals surface area contributed by atoms with Crippen LogP contribution in [0.15, 0.2) is 12.3 Å². The van der Waals surface area contributed by atoms with Crippen molar-refractivity contribution >= 4 is 28.5 Å². The highest BCUT2D eigenvalue weighted by molar-refractivity contribution is 14.1. The minimum atomic E-state index is -0.395. The molecule has 0 fully saturated rings. The summed E-state index contributed by atoms with van der Waals surface area (Å²) in [4.78, 5) is 15.2. The zero-order chi connectivity index (χ0) is 10.0. The molecule has 0 aromatic carbocycles. The number of nitrogens with two attached hydrogens (primary N) is 1. The van der Waals surface area contributed by atoms with Gasteiger partial charge in [0.15, 0.2) is 0 Å². The molecule has 1 heterocycles. The number of aromatic nitrogens is 1. The summed E-state index contributed by atoms with van der Waals surface area (Å²) in [5, 5.41) is 0. The minimum absolute atomic E-state index is 0.311. The Labute approximate surface area is 90.9 Å². The Morgan fingerprint density at radius 2 is 2.23 bits per heavy atom. The van der Waals surface area contributed by atoms with Gasteiger partial charge in [-0.3, -0.25) is 9.78 Å². The van der Waals surface area contributed by atoms with Crippen LogP contribution in [0.4, 0.5) is 0 Å². The van der Waals surface area contributed by atoms with Gasteiger partial charge in [0.1, 0.15) is 0 Å². The average molecular weight is 290 g/mol. The smallest absolute Gasteiger partial charge is 0.249 e. The third kappa shape index (κ3) is 2.18. The number of hydrogen-bond acceptors (Lipinski definition) is 2. The van der Waals surface area contributed by atoms with Gasteiger partial charge in [0, 0.05) is 9.77 Å². The molecule has 0 aliphatic rings. The van der Waals surface area contributed by atoms with Gasteiger partial charge < -0.3 is 5.73 Å². The van der Waals surface area contributed by atoms with Crippen molar-refractivity contribution in [2.24, 2.45) is 5.73 Å². The third-order valence-electron chi connectivity index (χ3n) is 1.73. The first-order valence-electron chi connectivity index (χ1n) is 3.98. The Balaban J connectivity index is 3.26. The van der Waals surface area contributed by atoms with Gasteiger partial charge in [0.05, 0.1) is 11.3 Å². The molecule has 1 amide bonds. The van der Waals surface area contributed by atoms with E-state index in [0.29, 0.717) is 11.5 Å². The van der Waals surface area contributed by atoms with E-state index >= 15 is 0 Å². The first-order chi connectivity index (χ1) is 6.04. The second-order valence-electron chi connectivity index (χ2n) is 3.08. The molecule has 0 saturated carbocycles. The largest absolute Gasteiger partial charge is 0.366 e. The molecule has 13 heavy (non-hydrogen) atoms. The van der Waals surface area contributed by atoms with Crippen molar-refractivity contribution in [3.05, 3.63) is 27.1 Å². The van der Waals surface area contributed by atoms with Gasteiger partial charge in [-0.05, 0) is 34.6 Å². The zero-order valence-electron chi connectivity index (χ0n) is 7.54. The summed E-state index contributed by atoms with van der Waals surface area (Å²) < 4.78 is 0.864. The SMILES string of the molecule is CC(C)c1nccc(C(N)=O)c1I. The Kier molecular flexibility index (Phi) is 3.24. The average Bonchev–Trinajstić information content (AvgIpc) is 2.03. The lowest BCUT2D eigenvalue weighted by Gasteiger charge is -2.08. The van der Waals surface area contributed by atoms with Crippen molar-refractivity contribution < 1.29 is 4.79 Å². The molecule has 0 bridgehead atoms. The standard InChI is InChI=1S/C9H11IN2O/c1-5(2)8-7(10)6(9(11)13)3-4-12-8/h3-5H,1-2H3,(H2,11,13). The van der Waals surface area contributed by atoms with Crippen LogP contribution < -0.4 is 5.73 Å². The maximum absolute atomic E-state index is 11.0. The highest BCUT2D eigenvalue weighted by Gasteiger charge is 2.12. The topological polar surface area (TPSA) is 56.0 Å². The quantitative estimate of drug-likeness (QED) is 0.846. The van der Waals surface area contributed by atoms with Crippen LogP contribution in [0.25, 0.3) is 0 Å². The summed E-state index contributed by atoms with van der Waals surface area (Å²) in [5.41, 5.74) is 6.69. The van der Waals surface area contributed by atoms with E-state index in [2.05, 4.69) is 27.6 Å². The fourth-order valence-corrected chi connectivity index (χ4v) is 2.26. The number of carbonyl (C=O) groups excluding carboxylic acids is 1. The van der Waals surface area contributed by atoms with Gasteiger partial charge in [0.25, 0.3) is 0 Å². The van der Waals surface area contributed by atoms with E-state index in [0.717, 1.165) is 9.26 Å². The number of primary amides is 1. The minimum Gasteiger partial charge on any atom is -0.366 e. The highest BCUT2D eigenvalue weighted by atomic mass is 127. The zero-order valence-corrected chi connectivity index (χ0v) is 9.70. The van der Waals surface area contributed by atoms with Gasteiger partial charge in [0.2, 0.25) is 5.91 Å². The number of halogens is 1. The van der Waals surface area contributed by atoms with Crippen LogP contribution in [0.1, 0.15) is 35.8 Å². The molecule has 0 aliphatic heterocycles. The molecule has 1 aromatic rings. The maximum Gasteiger partial charge on any atom is 0.249 e. The number of nitrogens with zero attached hydrogens (tertiary/aromatic N) is 1. The lowest BCUT2D eigenvalue weighted by Crippen LogP contribution is -2.14. The number of rotatable bonds is 2. The Hall–Kier alpha value is -0.650. The van der Waals surface area contributed by atoms with E-state index in [1.54, 1.807) is 12.3 Å². The predicted octanol–water partition coefficient (Wildman–Crippen LogP) is 1.91. The Bertz CT molecular complexity index is 336. The molecule has 0 aliphatic carbocycles. The molecule has 0 atom stereocenters. The van der Waals surface area contributed by atoms with Crippen molar-refractivity contribution in [2.75, 3.05) is 0 Å². The van der Waals surface area contributed by atoms with Crippen LogP contribution in [0, 0.1) is 3.57 Å². The molecule has 2 N–H and O–H groups in total. The van der Waals surface area contributed by atoms with Crippen LogP contribution in [-0.4, -0.2) is 10.9 Å². The second-order valence-corrected chi connectivity index (χ2v) is 4.16. The van der Waals surface area contributed by atoms with E-state index in [1.165, 1.54) is 0 Å². The van der Waals surface area contributed by atoms with Crippen LogP contribution in [0.2, 0.25) is 0 Å². The summed E-state index contributed by atoms with van der Waals surface area (Å²) in [6.07, 6.45) is 1.62. The van der Waals surface area contributed by atoms with E-state index in [9.17, 15) is 4.79 Å². The fraction of sp³-hybridized carbons (Fsp3) is 0.333. The third-order valence-corrected chi connectivity index (χ3v) is 2.86. The monoisotopic (exact) mass is 290 g/mol. The number of carbonyl (C=O) groups is 1. The number of hydrogen-bond donors (Lipinski definition) is 1. The molecule has 0 spiro atoms. The van der Waals surface area contributed by atoms with Crippen molar-refractivity contribution in [1.82, 2.24) is 4.98 Å². The van der Waals surface area contributed by atoms with E-state index in [4.69, 9.17) is 5.73 Å². The normalized spacial score (nSPS) is 10.5. The van der Waals surface area contributed by atoms with Crippen LogP contribution in [0.3, 0.4) is 0 Å². The molecule has 3 nitrogen and oxygen atoms in total. The number of amides is 1. The van der Waals surface area contributed by atoms with Gasteiger partial charge in [-0.15, -0.1) is 0 Å². The van der Waals surface area contributed by atoms with Crippen LogP contribution in [0.5, 0.6) is 0 Å². The summed E-state index contributed by atoms with van der Waals surface area (Å²) in [5.74, 6) is -0.0834. The molecule has 4 heteroatoms. The van der Waals surface area contributed by atoms with E-state index < -0.39 is 5.91 Å². The molecule has 0 saturated heterocycles. The summed E-state index contributed by atoms with van der Waals surface area (Å²) in [7, 11) is 0. The Morgan fingerprint density at radius 1 is 1.62 bits per heavy atom. The molecular weight excluding hydrogens is 279 g/mol. The van der Waals surface area contributed by atoms with Crippen molar-refractivity contribution in [3.63, 3.8) is 0 Å². The summed E-state index contributed by atoms with van der Waals surface area (Å²) in [6.45, 7) is 4.07. The van der Waals surface area contributed by atoms with Crippen molar-refractivity contribution in [2.45, 2.75) is 19.8 Å². The maximum atomic E-state index is 11.0. The predicted molar refractivity (Wildman–Crippen MR) is 59.6 cm³/mol. The highest BCUT2D eigenvalue weighted by Crippen LogP contribution is 2.21. The molecule has 0 unspecified atom stereocenters.